The Labute approximate surface area is 113 Å². The van der Waals surface area contributed by atoms with Crippen LogP contribution in [-0.4, -0.2) is 34.4 Å². The molecule has 1 atom stereocenters. The van der Waals surface area contributed by atoms with Crippen LogP contribution in [0.2, 0.25) is 0 Å². The van der Waals surface area contributed by atoms with E-state index in [1.807, 2.05) is 0 Å². The highest BCUT2D eigenvalue weighted by atomic mass is 32.2. The summed E-state index contributed by atoms with van der Waals surface area (Å²) < 4.78 is 46.0. The number of nitrogens with one attached hydrogen (secondary N) is 1. The summed E-state index contributed by atoms with van der Waals surface area (Å²) in [5, 5.41) is 8.10. The average Bonchev–Trinajstić information content (AvgIpc) is 2.26. The van der Waals surface area contributed by atoms with Gasteiger partial charge in [-0.25, -0.2) is 22.0 Å². The maximum Gasteiger partial charge on any atom is 0.240 e. The SMILES string of the molecule is NS(=O)(=O)c1ccccc1NC1CCCS(=O)(=O)C1. The van der Waals surface area contributed by atoms with E-state index < -0.39 is 19.9 Å². The molecule has 8 heteroatoms. The summed E-state index contributed by atoms with van der Waals surface area (Å²) in [7, 11) is -6.87. The van der Waals surface area contributed by atoms with Crippen LogP contribution in [0.5, 0.6) is 0 Å². The van der Waals surface area contributed by atoms with Gasteiger partial charge >= 0.3 is 0 Å². The Morgan fingerprint density at radius 3 is 2.58 bits per heavy atom. The van der Waals surface area contributed by atoms with Gasteiger partial charge in [0, 0.05) is 6.04 Å². The van der Waals surface area contributed by atoms with Crippen LogP contribution in [0.1, 0.15) is 12.8 Å². The monoisotopic (exact) mass is 304 g/mol. The standard InChI is InChI=1S/C11H16N2O4S2/c12-19(16,17)11-6-2-1-5-10(11)13-9-4-3-7-18(14,15)8-9/h1-2,5-6,9,13H,3-4,7-8H2,(H2,12,16,17). The minimum atomic E-state index is -3.82. The number of para-hydroxylation sites is 1. The molecule has 6 nitrogen and oxygen atoms in total. The van der Waals surface area contributed by atoms with Crippen molar-refractivity contribution >= 4 is 25.5 Å². The molecule has 1 aromatic rings. The zero-order valence-corrected chi connectivity index (χ0v) is 11.9. The third kappa shape index (κ3) is 3.68. The van der Waals surface area contributed by atoms with E-state index in [9.17, 15) is 16.8 Å². The maximum absolute atomic E-state index is 11.6. The molecule has 1 unspecified atom stereocenters. The van der Waals surface area contributed by atoms with E-state index in [0.717, 1.165) is 0 Å². The Balaban J connectivity index is 2.25. The zero-order valence-electron chi connectivity index (χ0n) is 10.2. The molecule has 1 aromatic carbocycles. The van der Waals surface area contributed by atoms with Gasteiger partial charge < -0.3 is 5.32 Å². The van der Waals surface area contributed by atoms with Crippen LogP contribution in [0, 0.1) is 0 Å². The van der Waals surface area contributed by atoms with Gasteiger partial charge in [-0.1, -0.05) is 12.1 Å². The van der Waals surface area contributed by atoms with Crippen molar-refractivity contribution in [3.8, 4) is 0 Å². The lowest BCUT2D eigenvalue weighted by Crippen LogP contribution is -2.35. The Kier molecular flexibility index (Phi) is 3.84. The molecule has 0 saturated carbocycles. The second-order valence-electron chi connectivity index (χ2n) is 4.64. The predicted molar refractivity (Wildman–Crippen MR) is 73.1 cm³/mol. The van der Waals surface area contributed by atoms with Crippen molar-refractivity contribution in [2.24, 2.45) is 5.14 Å². The van der Waals surface area contributed by atoms with E-state index in [0.29, 0.717) is 18.5 Å². The largest absolute Gasteiger partial charge is 0.380 e. The first kappa shape index (κ1) is 14.3. The minimum Gasteiger partial charge on any atom is -0.380 e. The second kappa shape index (κ2) is 5.10. The van der Waals surface area contributed by atoms with Crippen LogP contribution in [0.4, 0.5) is 5.69 Å². The van der Waals surface area contributed by atoms with Crippen LogP contribution in [0.15, 0.2) is 29.2 Å². The first-order valence-electron chi connectivity index (χ1n) is 5.87. The van der Waals surface area contributed by atoms with Gasteiger partial charge in [0.15, 0.2) is 9.84 Å². The molecule has 1 heterocycles. The van der Waals surface area contributed by atoms with Gasteiger partial charge in [0.05, 0.1) is 17.2 Å². The number of rotatable bonds is 3. The molecule has 0 aliphatic carbocycles. The number of nitrogens with two attached hydrogens (primary N) is 1. The molecular formula is C11H16N2O4S2. The van der Waals surface area contributed by atoms with Crippen LogP contribution >= 0.6 is 0 Å². The molecule has 19 heavy (non-hydrogen) atoms. The first-order valence-corrected chi connectivity index (χ1v) is 9.23. The fourth-order valence-corrected chi connectivity index (χ4v) is 4.53. The number of benzene rings is 1. The lowest BCUT2D eigenvalue weighted by atomic mass is 10.1. The molecule has 106 valence electrons. The van der Waals surface area contributed by atoms with Crippen molar-refractivity contribution in [2.75, 3.05) is 16.8 Å². The number of sulfone groups is 1. The molecule has 2 rings (SSSR count). The van der Waals surface area contributed by atoms with Crippen LogP contribution in [-0.2, 0) is 19.9 Å². The van der Waals surface area contributed by atoms with Gasteiger partial charge in [0.25, 0.3) is 0 Å². The van der Waals surface area contributed by atoms with Crippen LogP contribution < -0.4 is 10.5 Å². The molecule has 3 N–H and O–H groups in total. The summed E-state index contributed by atoms with van der Waals surface area (Å²) in [4.78, 5) is -0.0158. The fourth-order valence-electron chi connectivity index (χ4n) is 2.19. The number of sulfonamides is 1. The summed E-state index contributed by atoms with van der Waals surface area (Å²) in [6.07, 6.45) is 1.27. The summed E-state index contributed by atoms with van der Waals surface area (Å²) in [5.41, 5.74) is 0.354. The Morgan fingerprint density at radius 2 is 1.95 bits per heavy atom. The molecule has 1 fully saturated rings. The molecule has 1 saturated heterocycles. The van der Waals surface area contributed by atoms with Crippen molar-refractivity contribution in [2.45, 2.75) is 23.8 Å². The zero-order chi connectivity index (χ0) is 14.1. The first-order chi connectivity index (χ1) is 8.78. The van der Waals surface area contributed by atoms with Crippen molar-refractivity contribution in [1.29, 1.82) is 0 Å². The van der Waals surface area contributed by atoms with E-state index in [1.54, 1.807) is 18.2 Å². The Hall–Kier alpha value is -1.12. The molecule has 0 bridgehead atoms. The normalized spacial score (nSPS) is 22.9. The summed E-state index contributed by atoms with van der Waals surface area (Å²) in [6.45, 7) is 0. The fraction of sp³-hybridized carbons (Fsp3) is 0.455. The smallest absolute Gasteiger partial charge is 0.240 e. The van der Waals surface area contributed by atoms with Gasteiger partial charge in [0.1, 0.15) is 4.90 Å². The lowest BCUT2D eigenvalue weighted by molar-refractivity contribution is 0.561. The van der Waals surface area contributed by atoms with Crippen LogP contribution in [0.3, 0.4) is 0 Å². The quantitative estimate of drug-likeness (QED) is 0.836. The molecule has 0 amide bonds. The molecule has 1 aliphatic rings. The van der Waals surface area contributed by atoms with Crippen molar-refractivity contribution in [1.82, 2.24) is 0 Å². The summed E-state index contributed by atoms with van der Waals surface area (Å²) in [5.74, 6) is 0.216. The third-order valence-corrected chi connectivity index (χ3v) is 5.81. The predicted octanol–water partition coefficient (Wildman–Crippen LogP) is 0.323. The maximum atomic E-state index is 11.6. The topological polar surface area (TPSA) is 106 Å². The number of anilines is 1. The van der Waals surface area contributed by atoms with E-state index >= 15 is 0 Å². The van der Waals surface area contributed by atoms with Crippen molar-refractivity contribution in [3.05, 3.63) is 24.3 Å². The third-order valence-electron chi connectivity index (χ3n) is 3.02. The number of hydrogen-bond acceptors (Lipinski definition) is 5. The molecular weight excluding hydrogens is 288 g/mol. The number of primary sulfonamides is 1. The van der Waals surface area contributed by atoms with E-state index in [2.05, 4.69) is 5.32 Å². The summed E-state index contributed by atoms with van der Waals surface area (Å²) >= 11 is 0. The van der Waals surface area contributed by atoms with Gasteiger partial charge in [0.2, 0.25) is 10.0 Å². The van der Waals surface area contributed by atoms with Gasteiger partial charge in [-0.15, -0.1) is 0 Å². The van der Waals surface area contributed by atoms with E-state index in [4.69, 9.17) is 5.14 Å². The average molecular weight is 304 g/mol. The molecule has 0 spiro atoms. The van der Waals surface area contributed by atoms with Crippen molar-refractivity contribution in [3.63, 3.8) is 0 Å². The highest BCUT2D eigenvalue weighted by Gasteiger charge is 2.25. The molecule has 0 radical (unpaired) electrons. The second-order valence-corrected chi connectivity index (χ2v) is 8.40. The van der Waals surface area contributed by atoms with E-state index in [-0.39, 0.29) is 22.4 Å². The van der Waals surface area contributed by atoms with E-state index in [1.165, 1.54) is 6.07 Å². The van der Waals surface area contributed by atoms with Crippen molar-refractivity contribution < 1.29 is 16.8 Å². The minimum absolute atomic E-state index is 0.0158. The van der Waals surface area contributed by atoms with Gasteiger partial charge in [-0.05, 0) is 25.0 Å². The molecule has 0 aromatic heterocycles. The Bertz CT molecular complexity index is 668. The summed E-state index contributed by atoms with van der Waals surface area (Å²) in [6, 6.07) is 5.95. The highest BCUT2D eigenvalue weighted by Crippen LogP contribution is 2.23. The highest BCUT2D eigenvalue weighted by molar-refractivity contribution is 7.91. The lowest BCUT2D eigenvalue weighted by Gasteiger charge is -2.24. The van der Waals surface area contributed by atoms with Gasteiger partial charge in [-0.3, -0.25) is 0 Å². The Morgan fingerprint density at radius 1 is 1.26 bits per heavy atom. The van der Waals surface area contributed by atoms with Crippen LogP contribution in [0.25, 0.3) is 0 Å². The molecule has 1 aliphatic heterocycles. The number of hydrogen-bond donors (Lipinski definition) is 2. The van der Waals surface area contributed by atoms with Gasteiger partial charge in [-0.2, -0.15) is 0 Å².